The van der Waals surface area contributed by atoms with Crippen molar-refractivity contribution in [3.05, 3.63) is 41.5 Å². The fourth-order valence-electron chi connectivity index (χ4n) is 3.81. The van der Waals surface area contributed by atoms with Gasteiger partial charge in [-0.25, -0.2) is 4.98 Å². The summed E-state index contributed by atoms with van der Waals surface area (Å²) in [7, 11) is 1.60. The van der Waals surface area contributed by atoms with E-state index in [1.165, 1.54) is 0 Å². The molecule has 0 unspecified atom stereocenters. The number of hydrogen-bond acceptors (Lipinski definition) is 4. The quantitative estimate of drug-likeness (QED) is 0.900. The Labute approximate surface area is 158 Å². The van der Waals surface area contributed by atoms with Gasteiger partial charge in [0.15, 0.2) is 11.5 Å². The molecule has 0 spiro atoms. The number of carbonyl (C=O) groups excluding carboxylic acids is 2. The first-order chi connectivity index (χ1) is 13.2. The largest absolute Gasteiger partial charge is 0.497 e. The van der Waals surface area contributed by atoms with Crippen LogP contribution in [0.2, 0.25) is 0 Å². The Bertz CT molecular complexity index is 851. The van der Waals surface area contributed by atoms with E-state index in [1.807, 2.05) is 9.47 Å². The third kappa shape index (κ3) is 3.41. The predicted molar refractivity (Wildman–Crippen MR) is 101 cm³/mol. The van der Waals surface area contributed by atoms with Gasteiger partial charge in [-0.3, -0.25) is 9.59 Å². The molecule has 142 valence electrons. The first kappa shape index (κ1) is 17.6. The number of methoxy groups -OCH3 is 1. The molecule has 4 rings (SSSR count). The van der Waals surface area contributed by atoms with Crippen LogP contribution in [-0.2, 0) is 13.0 Å². The third-order valence-electron chi connectivity index (χ3n) is 5.27. The first-order valence-corrected chi connectivity index (χ1v) is 9.51. The van der Waals surface area contributed by atoms with Gasteiger partial charge < -0.3 is 19.5 Å². The Kier molecular flexibility index (Phi) is 4.83. The second-order valence-electron chi connectivity index (χ2n) is 7.02. The van der Waals surface area contributed by atoms with Crippen LogP contribution in [0.4, 0.5) is 5.69 Å². The molecule has 0 atom stereocenters. The zero-order chi connectivity index (χ0) is 18.8. The summed E-state index contributed by atoms with van der Waals surface area (Å²) in [6.07, 6.45) is 4.84. The summed E-state index contributed by atoms with van der Waals surface area (Å²) in [5.74, 6) is 0.808. The summed E-state index contributed by atoms with van der Waals surface area (Å²) in [5.41, 5.74) is 1.91. The number of imidazole rings is 1. The molecule has 7 heteroatoms. The van der Waals surface area contributed by atoms with Gasteiger partial charge in [-0.1, -0.05) is 0 Å². The fourth-order valence-corrected chi connectivity index (χ4v) is 3.81. The number of amides is 2. The molecule has 2 aliphatic rings. The highest BCUT2D eigenvalue weighted by Crippen LogP contribution is 2.24. The fraction of sp³-hybridized carbons (Fsp3) is 0.450. The molecule has 1 aromatic carbocycles. The standard InChI is InChI=1S/C20H24N4O3/c1-27-15-9-7-14(8-10-15)21-19(25)17-16-6-2-3-13-24(16)18(22-17)20(26)23-11-4-5-12-23/h7-10H,2-6,11-13H2,1H3,(H,21,25). The van der Waals surface area contributed by atoms with E-state index in [4.69, 9.17) is 4.74 Å². The number of fused-ring (bicyclic) bond motifs is 1. The van der Waals surface area contributed by atoms with Crippen LogP contribution in [0.1, 0.15) is 52.5 Å². The summed E-state index contributed by atoms with van der Waals surface area (Å²) in [5, 5.41) is 2.89. The third-order valence-corrected chi connectivity index (χ3v) is 5.27. The summed E-state index contributed by atoms with van der Waals surface area (Å²) in [6.45, 7) is 2.29. The van der Waals surface area contributed by atoms with Gasteiger partial charge in [-0.15, -0.1) is 0 Å². The van der Waals surface area contributed by atoms with Crippen LogP contribution in [0.5, 0.6) is 5.75 Å². The Morgan fingerprint density at radius 3 is 2.44 bits per heavy atom. The average molecular weight is 368 g/mol. The molecule has 2 aromatic rings. The molecule has 3 heterocycles. The van der Waals surface area contributed by atoms with Crippen LogP contribution in [0, 0.1) is 0 Å². The Balaban J connectivity index is 1.61. The van der Waals surface area contributed by atoms with Crippen molar-refractivity contribution in [3.63, 3.8) is 0 Å². The van der Waals surface area contributed by atoms with E-state index in [2.05, 4.69) is 10.3 Å². The minimum Gasteiger partial charge on any atom is -0.497 e. The van der Waals surface area contributed by atoms with Gasteiger partial charge in [0.1, 0.15) is 5.75 Å². The Hall–Kier alpha value is -2.83. The van der Waals surface area contributed by atoms with Crippen LogP contribution in [0.25, 0.3) is 0 Å². The van der Waals surface area contributed by atoms with E-state index in [-0.39, 0.29) is 11.8 Å². The van der Waals surface area contributed by atoms with Crippen LogP contribution < -0.4 is 10.1 Å². The zero-order valence-electron chi connectivity index (χ0n) is 15.5. The van der Waals surface area contributed by atoms with Crippen molar-refractivity contribution in [2.24, 2.45) is 0 Å². The van der Waals surface area contributed by atoms with Gasteiger partial charge in [0.25, 0.3) is 11.8 Å². The van der Waals surface area contributed by atoms with Crippen molar-refractivity contribution in [2.75, 3.05) is 25.5 Å². The van der Waals surface area contributed by atoms with Gasteiger partial charge in [-0.05, 0) is 56.4 Å². The van der Waals surface area contributed by atoms with Crippen molar-refractivity contribution in [1.82, 2.24) is 14.5 Å². The van der Waals surface area contributed by atoms with Crippen LogP contribution in [0.15, 0.2) is 24.3 Å². The van der Waals surface area contributed by atoms with E-state index in [0.29, 0.717) is 17.2 Å². The lowest BCUT2D eigenvalue weighted by Crippen LogP contribution is -2.31. The highest BCUT2D eigenvalue weighted by Gasteiger charge is 2.30. The number of rotatable bonds is 4. The van der Waals surface area contributed by atoms with E-state index in [9.17, 15) is 9.59 Å². The van der Waals surface area contributed by atoms with E-state index >= 15 is 0 Å². The molecule has 27 heavy (non-hydrogen) atoms. The lowest BCUT2D eigenvalue weighted by Gasteiger charge is -2.19. The van der Waals surface area contributed by atoms with Crippen molar-refractivity contribution in [2.45, 2.75) is 38.6 Å². The molecule has 2 aliphatic heterocycles. The van der Waals surface area contributed by atoms with Crippen LogP contribution in [0.3, 0.4) is 0 Å². The number of anilines is 1. The minimum atomic E-state index is -0.272. The molecule has 2 amide bonds. The second kappa shape index (κ2) is 7.42. The number of hydrogen-bond donors (Lipinski definition) is 1. The Morgan fingerprint density at radius 2 is 1.74 bits per heavy atom. The van der Waals surface area contributed by atoms with E-state index < -0.39 is 0 Å². The number of carbonyl (C=O) groups is 2. The highest BCUT2D eigenvalue weighted by molar-refractivity contribution is 6.05. The van der Waals surface area contributed by atoms with E-state index in [0.717, 1.165) is 63.2 Å². The smallest absolute Gasteiger partial charge is 0.289 e. The van der Waals surface area contributed by atoms with Crippen LogP contribution >= 0.6 is 0 Å². The highest BCUT2D eigenvalue weighted by atomic mass is 16.5. The van der Waals surface area contributed by atoms with E-state index in [1.54, 1.807) is 31.4 Å². The maximum Gasteiger partial charge on any atom is 0.289 e. The van der Waals surface area contributed by atoms with Gasteiger partial charge >= 0.3 is 0 Å². The Morgan fingerprint density at radius 1 is 1.04 bits per heavy atom. The van der Waals surface area contributed by atoms with Crippen molar-refractivity contribution in [1.29, 1.82) is 0 Å². The molecular formula is C20H24N4O3. The predicted octanol–water partition coefficient (Wildman–Crippen LogP) is 2.72. The van der Waals surface area contributed by atoms with Crippen molar-refractivity contribution in [3.8, 4) is 5.75 Å². The van der Waals surface area contributed by atoms with Crippen molar-refractivity contribution < 1.29 is 14.3 Å². The van der Waals surface area contributed by atoms with Gasteiger partial charge in [0.2, 0.25) is 0 Å². The molecule has 1 saturated heterocycles. The molecule has 1 fully saturated rings. The number of benzene rings is 1. The lowest BCUT2D eigenvalue weighted by molar-refractivity contribution is 0.0774. The topological polar surface area (TPSA) is 76.5 Å². The average Bonchev–Trinajstić information content (AvgIpc) is 3.36. The molecule has 7 nitrogen and oxygen atoms in total. The molecule has 0 radical (unpaired) electrons. The molecule has 1 N–H and O–H groups in total. The number of nitrogens with one attached hydrogen (secondary N) is 1. The molecule has 0 aliphatic carbocycles. The summed E-state index contributed by atoms with van der Waals surface area (Å²) in [4.78, 5) is 32.1. The molecule has 0 bridgehead atoms. The monoisotopic (exact) mass is 368 g/mol. The molecular weight excluding hydrogens is 344 g/mol. The lowest BCUT2D eigenvalue weighted by atomic mass is 10.1. The minimum absolute atomic E-state index is 0.0563. The molecule has 1 aromatic heterocycles. The van der Waals surface area contributed by atoms with Crippen molar-refractivity contribution >= 4 is 17.5 Å². The zero-order valence-corrected chi connectivity index (χ0v) is 15.5. The second-order valence-corrected chi connectivity index (χ2v) is 7.02. The summed E-state index contributed by atoms with van der Waals surface area (Å²) >= 11 is 0. The molecule has 0 saturated carbocycles. The van der Waals surface area contributed by atoms with Gasteiger partial charge in [0, 0.05) is 25.3 Å². The number of likely N-dealkylation sites (tertiary alicyclic amines) is 1. The van der Waals surface area contributed by atoms with Crippen LogP contribution in [-0.4, -0.2) is 46.5 Å². The van der Waals surface area contributed by atoms with Gasteiger partial charge in [0.05, 0.1) is 12.8 Å². The maximum absolute atomic E-state index is 12.9. The normalized spacial score (nSPS) is 16.1. The number of ether oxygens (including phenoxy) is 1. The summed E-state index contributed by atoms with van der Waals surface area (Å²) in [6, 6.07) is 7.16. The first-order valence-electron chi connectivity index (χ1n) is 9.51. The summed E-state index contributed by atoms with van der Waals surface area (Å²) < 4.78 is 7.09. The number of nitrogens with zero attached hydrogens (tertiary/aromatic N) is 3. The van der Waals surface area contributed by atoms with Gasteiger partial charge in [-0.2, -0.15) is 0 Å². The maximum atomic E-state index is 12.9. The number of aromatic nitrogens is 2. The SMILES string of the molecule is COc1ccc(NC(=O)c2nc(C(=O)N3CCCC3)n3c2CCCC3)cc1.